The second-order valence-corrected chi connectivity index (χ2v) is 6.74. The Hall–Kier alpha value is -1.95. The van der Waals surface area contributed by atoms with Crippen LogP contribution in [-0.2, 0) is 0 Å². The molecule has 0 heterocycles. The molecule has 1 rings (SSSR count). The maximum absolute atomic E-state index is 3.95. The fourth-order valence-corrected chi connectivity index (χ4v) is 2.37. The van der Waals surface area contributed by atoms with E-state index in [0.29, 0.717) is 0 Å². The van der Waals surface area contributed by atoms with Crippen molar-refractivity contribution in [1.82, 2.24) is 4.72 Å². The number of benzene rings is 1. The van der Waals surface area contributed by atoms with Gasteiger partial charge in [-0.15, -0.1) is 0 Å². The number of hydrogen-bond acceptors (Lipinski definition) is 2. The van der Waals surface area contributed by atoms with E-state index >= 15 is 0 Å². The van der Waals surface area contributed by atoms with Gasteiger partial charge < -0.3 is 0 Å². The van der Waals surface area contributed by atoms with Crippen molar-refractivity contribution in [2.45, 2.75) is 75.2 Å². The highest BCUT2D eigenvalue weighted by atomic mass is 32.2. The molecule has 0 atom stereocenters. The molecular weight excluding hydrogens is 382 g/mol. The molecular formula is C28H45NS. The number of nitrogens with one attached hydrogen (secondary N) is 1. The van der Waals surface area contributed by atoms with Gasteiger partial charge in [-0.05, 0) is 56.4 Å². The van der Waals surface area contributed by atoms with Crippen LogP contribution >= 0.6 is 11.9 Å². The Morgan fingerprint density at radius 1 is 1.03 bits per heavy atom. The van der Waals surface area contributed by atoms with E-state index in [-0.39, 0.29) is 0 Å². The Morgan fingerprint density at radius 3 is 2.10 bits per heavy atom. The third-order valence-electron chi connectivity index (χ3n) is 3.07. The van der Waals surface area contributed by atoms with E-state index in [1.54, 1.807) is 11.9 Å². The minimum Gasteiger partial charge on any atom is -0.260 e. The molecule has 1 aromatic rings. The van der Waals surface area contributed by atoms with Crippen molar-refractivity contribution in [1.29, 1.82) is 0 Å². The standard InChI is InChI=1S/C21H25NS.C3H8.2C2H6/c1-5-9-21(18(2)3)14-16-22-23-17-15-19(4)12-13-20-10-7-6-8-11-20;1-3-2;2*1-2/h5-11,15,17,22H,4,14,16H2,1-3H3;3H2,1-2H3;2*1-2H3/b9-5-,17-15-;;;. The Morgan fingerprint density at radius 2 is 1.60 bits per heavy atom. The van der Waals surface area contributed by atoms with Crippen molar-refractivity contribution in [3.05, 3.63) is 82.8 Å². The van der Waals surface area contributed by atoms with Gasteiger partial charge in [-0.2, -0.15) is 0 Å². The SMILES string of the molecule is C=C(C#Cc1ccccc1)/C=C\SNCCC(/C=C\C)=C(C)C.CC.CC.CCC. The summed E-state index contributed by atoms with van der Waals surface area (Å²) in [5.41, 5.74) is 4.57. The number of allylic oxidation sites excluding steroid dienone is 5. The van der Waals surface area contributed by atoms with Gasteiger partial charge in [0.05, 0.1) is 0 Å². The fourth-order valence-electron chi connectivity index (χ4n) is 1.83. The highest BCUT2D eigenvalue weighted by molar-refractivity contribution is 8.00. The highest BCUT2D eigenvalue weighted by Crippen LogP contribution is 2.10. The lowest BCUT2D eigenvalue weighted by molar-refractivity contribution is 0.903. The molecule has 30 heavy (non-hydrogen) atoms. The van der Waals surface area contributed by atoms with Gasteiger partial charge in [0.15, 0.2) is 0 Å². The maximum atomic E-state index is 3.95. The normalized spacial score (nSPS) is 9.10. The van der Waals surface area contributed by atoms with Crippen LogP contribution < -0.4 is 4.72 Å². The Bertz CT molecular complexity index is 651. The van der Waals surface area contributed by atoms with Crippen LogP contribution in [0, 0.1) is 11.8 Å². The van der Waals surface area contributed by atoms with Crippen molar-refractivity contribution in [3.8, 4) is 11.8 Å². The molecule has 0 fully saturated rings. The molecule has 0 amide bonds. The van der Waals surface area contributed by atoms with E-state index in [2.05, 4.69) is 69.9 Å². The first-order valence-electron chi connectivity index (χ1n) is 11.1. The zero-order valence-electron chi connectivity index (χ0n) is 20.9. The molecule has 0 aliphatic heterocycles. The first kappa shape index (κ1) is 32.7. The van der Waals surface area contributed by atoms with Crippen LogP contribution in [0.2, 0.25) is 0 Å². The van der Waals surface area contributed by atoms with Gasteiger partial charge in [-0.1, -0.05) is 114 Å². The molecule has 0 spiro atoms. The Labute approximate surface area is 193 Å². The van der Waals surface area contributed by atoms with Crippen molar-refractivity contribution in [3.63, 3.8) is 0 Å². The summed E-state index contributed by atoms with van der Waals surface area (Å²) in [6.45, 7) is 23.5. The predicted molar refractivity (Wildman–Crippen MR) is 144 cm³/mol. The van der Waals surface area contributed by atoms with Crippen LogP contribution in [0.1, 0.15) is 80.7 Å². The largest absolute Gasteiger partial charge is 0.260 e. The van der Waals surface area contributed by atoms with E-state index in [1.165, 1.54) is 17.6 Å². The summed E-state index contributed by atoms with van der Waals surface area (Å²) in [6.07, 6.45) is 8.48. The molecule has 2 heteroatoms. The Balaban J connectivity index is -0.000000926. The van der Waals surface area contributed by atoms with Crippen LogP contribution in [-0.4, -0.2) is 6.54 Å². The average molecular weight is 428 g/mol. The van der Waals surface area contributed by atoms with E-state index < -0.39 is 0 Å². The topological polar surface area (TPSA) is 12.0 Å². The second-order valence-electron chi connectivity index (χ2n) is 5.94. The van der Waals surface area contributed by atoms with Gasteiger partial charge in [-0.25, -0.2) is 0 Å². The molecule has 1 N–H and O–H groups in total. The van der Waals surface area contributed by atoms with Gasteiger partial charge in [-0.3, -0.25) is 4.72 Å². The first-order chi connectivity index (χ1) is 14.5. The smallest absolute Gasteiger partial charge is 0.0249 e. The lowest BCUT2D eigenvalue weighted by Gasteiger charge is -2.05. The van der Waals surface area contributed by atoms with Gasteiger partial charge in [0.25, 0.3) is 0 Å². The molecule has 0 aromatic heterocycles. The van der Waals surface area contributed by atoms with E-state index in [1.807, 2.05) is 69.5 Å². The molecule has 0 saturated heterocycles. The minimum absolute atomic E-state index is 0.807. The summed E-state index contributed by atoms with van der Waals surface area (Å²) in [4.78, 5) is 0. The van der Waals surface area contributed by atoms with Crippen LogP contribution in [0.15, 0.2) is 77.3 Å². The third kappa shape index (κ3) is 22.3. The lowest BCUT2D eigenvalue weighted by atomic mass is 10.1. The van der Waals surface area contributed by atoms with Crippen LogP contribution in [0.25, 0.3) is 0 Å². The lowest BCUT2D eigenvalue weighted by Crippen LogP contribution is -2.05. The zero-order chi connectivity index (χ0) is 23.6. The van der Waals surface area contributed by atoms with Gasteiger partial charge >= 0.3 is 0 Å². The van der Waals surface area contributed by atoms with Crippen LogP contribution in [0.5, 0.6) is 0 Å². The van der Waals surface area contributed by atoms with Crippen molar-refractivity contribution < 1.29 is 0 Å². The average Bonchev–Trinajstić information content (AvgIpc) is 2.77. The molecule has 0 aliphatic rings. The number of hydrogen-bond donors (Lipinski definition) is 1. The molecule has 1 nitrogen and oxygen atoms in total. The van der Waals surface area contributed by atoms with Gasteiger partial charge in [0.2, 0.25) is 0 Å². The van der Waals surface area contributed by atoms with Crippen LogP contribution in [0.4, 0.5) is 0 Å². The third-order valence-corrected chi connectivity index (χ3v) is 3.71. The van der Waals surface area contributed by atoms with E-state index in [4.69, 9.17) is 0 Å². The van der Waals surface area contributed by atoms with Crippen molar-refractivity contribution in [2.75, 3.05) is 6.54 Å². The second kappa shape index (κ2) is 27.0. The molecule has 0 saturated carbocycles. The minimum atomic E-state index is 0.807. The van der Waals surface area contributed by atoms with Crippen molar-refractivity contribution >= 4 is 11.9 Å². The van der Waals surface area contributed by atoms with Gasteiger partial charge in [0, 0.05) is 17.7 Å². The van der Waals surface area contributed by atoms with Crippen LogP contribution in [0.3, 0.4) is 0 Å². The fraction of sp³-hybridized carbons (Fsp3) is 0.429. The van der Waals surface area contributed by atoms with Crippen molar-refractivity contribution in [2.24, 2.45) is 0 Å². The number of rotatable bonds is 7. The molecule has 168 valence electrons. The zero-order valence-corrected chi connectivity index (χ0v) is 21.7. The summed E-state index contributed by atoms with van der Waals surface area (Å²) >= 11 is 1.57. The molecule has 1 aromatic carbocycles. The summed E-state index contributed by atoms with van der Waals surface area (Å²) in [5, 5.41) is 1.99. The molecule has 0 bridgehead atoms. The highest BCUT2D eigenvalue weighted by Gasteiger charge is 1.94. The quantitative estimate of drug-likeness (QED) is 0.201. The monoisotopic (exact) mass is 427 g/mol. The van der Waals surface area contributed by atoms with E-state index in [0.717, 1.165) is 24.1 Å². The molecule has 0 unspecified atom stereocenters. The summed E-state index contributed by atoms with van der Waals surface area (Å²) in [5.74, 6) is 6.14. The summed E-state index contributed by atoms with van der Waals surface area (Å²) in [6, 6.07) is 9.94. The van der Waals surface area contributed by atoms with Gasteiger partial charge in [0.1, 0.15) is 0 Å². The summed E-state index contributed by atoms with van der Waals surface area (Å²) in [7, 11) is 0. The molecule has 0 aliphatic carbocycles. The molecule has 0 radical (unpaired) electrons. The maximum Gasteiger partial charge on any atom is 0.0249 e. The van der Waals surface area contributed by atoms with E-state index in [9.17, 15) is 0 Å². The summed E-state index contributed by atoms with van der Waals surface area (Å²) < 4.78 is 3.33. The Kier molecular flexibility index (Phi) is 29.5. The first-order valence-corrected chi connectivity index (χ1v) is 12.0. The predicted octanol–water partition coefficient (Wildman–Crippen LogP) is 9.12.